The van der Waals surface area contributed by atoms with Crippen LogP contribution in [0.1, 0.15) is 5.56 Å². The SMILES string of the molecule is Nc1nccn1CCc1ccsc1-c1ccc(O)cc1. The Bertz CT molecular complexity index is 700. The van der Waals surface area contributed by atoms with Crippen molar-refractivity contribution >= 4 is 17.3 Å². The van der Waals surface area contributed by atoms with Crippen molar-refractivity contribution in [1.82, 2.24) is 9.55 Å². The molecule has 0 unspecified atom stereocenters. The number of thiophene rings is 1. The van der Waals surface area contributed by atoms with E-state index < -0.39 is 0 Å². The molecule has 5 heteroatoms. The fraction of sp³-hybridized carbons (Fsp3) is 0.133. The largest absolute Gasteiger partial charge is 0.508 e. The number of nitrogen functional groups attached to an aromatic ring is 1. The summed E-state index contributed by atoms with van der Waals surface area (Å²) in [6, 6.07) is 9.45. The third kappa shape index (κ3) is 2.53. The molecule has 102 valence electrons. The van der Waals surface area contributed by atoms with Gasteiger partial charge in [0.15, 0.2) is 5.95 Å². The van der Waals surface area contributed by atoms with Crippen LogP contribution in [0.3, 0.4) is 0 Å². The van der Waals surface area contributed by atoms with Crippen molar-refractivity contribution in [3.63, 3.8) is 0 Å². The molecule has 0 radical (unpaired) electrons. The molecule has 0 aliphatic rings. The molecule has 0 fully saturated rings. The maximum absolute atomic E-state index is 9.36. The minimum absolute atomic E-state index is 0.290. The topological polar surface area (TPSA) is 64.1 Å². The number of phenols is 1. The molecule has 0 saturated carbocycles. The van der Waals surface area contributed by atoms with Crippen LogP contribution in [0.25, 0.3) is 10.4 Å². The predicted octanol–water partition coefficient (Wildman–Crippen LogP) is 3.14. The van der Waals surface area contributed by atoms with Crippen molar-refractivity contribution in [3.8, 4) is 16.2 Å². The van der Waals surface area contributed by atoms with E-state index >= 15 is 0 Å². The van der Waals surface area contributed by atoms with Crippen LogP contribution in [0, 0.1) is 0 Å². The summed E-state index contributed by atoms with van der Waals surface area (Å²) in [6.07, 6.45) is 4.51. The van der Waals surface area contributed by atoms with Crippen molar-refractivity contribution in [2.75, 3.05) is 5.73 Å². The molecular weight excluding hydrogens is 270 g/mol. The van der Waals surface area contributed by atoms with Crippen molar-refractivity contribution in [3.05, 3.63) is 53.7 Å². The second-order valence-corrected chi connectivity index (χ2v) is 5.47. The molecule has 2 aromatic heterocycles. The second kappa shape index (κ2) is 5.38. The van der Waals surface area contributed by atoms with Gasteiger partial charge < -0.3 is 15.4 Å². The van der Waals surface area contributed by atoms with E-state index in [9.17, 15) is 5.11 Å². The summed E-state index contributed by atoms with van der Waals surface area (Å²) in [7, 11) is 0. The molecule has 0 spiro atoms. The number of aromatic hydroxyl groups is 1. The lowest BCUT2D eigenvalue weighted by Gasteiger charge is -2.06. The fourth-order valence-electron chi connectivity index (χ4n) is 2.17. The summed E-state index contributed by atoms with van der Waals surface area (Å²) >= 11 is 1.71. The highest BCUT2D eigenvalue weighted by Gasteiger charge is 2.08. The molecule has 0 aliphatic carbocycles. The third-order valence-electron chi connectivity index (χ3n) is 3.25. The normalized spacial score (nSPS) is 10.8. The van der Waals surface area contributed by atoms with Crippen LogP contribution in [-0.4, -0.2) is 14.7 Å². The zero-order chi connectivity index (χ0) is 13.9. The van der Waals surface area contributed by atoms with E-state index in [0.29, 0.717) is 5.95 Å². The summed E-state index contributed by atoms with van der Waals surface area (Å²) in [5.41, 5.74) is 8.19. The molecule has 0 aliphatic heterocycles. The summed E-state index contributed by atoms with van der Waals surface area (Å²) in [4.78, 5) is 5.26. The van der Waals surface area contributed by atoms with Crippen molar-refractivity contribution in [2.45, 2.75) is 13.0 Å². The Hall–Kier alpha value is -2.27. The fourth-order valence-corrected chi connectivity index (χ4v) is 3.13. The molecule has 1 aromatic carbocycles. The first kappa shape index (κ1) is 12.7. The molecule has 0 bridgehead atoms. The first-order valence-corrected chi connectivity index (χ1v) is 7.24. The molecule has 2 heterocycles. The molecular formula is C15H15N3OS. The first-order valence-electron chi connectivity index (χ1n) is 6.36. The minimum atomic E-state index is 0.290. The van der Waals surface area contributed by atoms with E-state index in [1.54, 1.807) is 29.7 Å². The van der Waals surface area contributed by atoms with Crippen LogP contribution in [0.2, 0.25) is 0 Å². The molecule has 0 saturated heterocycles. The molecule has 0 amide bonds. The monoisotopic (exact) mass is 285 g/mol. The quantitative estimate of drug-likeness (QED) is 0.774. The van der Waals surface area contributed by atoms with Gasteiger partial charge in [0.25, 0.3) is 0 Å². The van der Waals surface area contributed by atoms with Gasteiger partial charge in [-0.05, 0) is 53.3 Å². The number of aromatic nitrogens is 2. The lowest BCUT2D eigenvalue weighted by atomic mass is 10.1. The maximum atomic E-state index is 9.36. The number of hydrogen-bond acceptors (Lipinski definition) is 4. The van der Waals surface area contributed by atoms with E-state index in [1.165, 1.54) is 10.4 Å². The Labute approximate surface area is 121 Å². The highest BCUT2D eigenvalue weighted by molar-refractivity contribution is 7.13. The third-order valence-corrected chi connectivity index (χ3v) is 4.25. The number of imidazole rings is 1. The Morgan fingerprint density at radius 1 is 1.20 bits per heavy atom. The minimum Gasteiger partial charge on any atom is -0.508 e. The lowest BCUT2D eigenvalue weighted by Crippen LogP contribution is -2.04. The molecule has 0 atom stereocenters. The Morgan fingerprint density at radius 2 is 2.00 bits per heavy atom. The van der Waals surface area contributed by atoms with Crippen molar-refractivity contribution < 1.29 is 5.11 Å². The van der Waals surface area contributed by atoms with Crippen LogP contribution in [0.4, 0.5) is 5.95 Å². The second-order valence-electron chi connectivity index (χ2n) is 4.55. The molecule has 3 aromatic rings. The number of hydrogen-bond donors (Lipinski definition) is 2. The Balaban J connectivity index is 1.80. The average molecular weight is 285 g/mol. The van der Waals surface area contributed by atoms with Gasteiger partial charge >= 0.3 is 0 Å². The van der Waals surface area contributed by atoms with Crippen LogP contribution >= 0.6 is 11.3 Å². The highest BCUT2D eigenvalue weighted by Crippen LogP contribution is 2.31. The average Bonchev–Trinajstić information content (AvgIpc) is 3.06. The van der Waals surface area contributed by atoms with Gasteiger partial charge in [-0.1, -0.05) is 0 Å². The first-order chi connectivity index (χ1) is 9.74. The van der Waals surface area contributed by atoms with Gasteiger partial charge in [0.2, 0.25) is 0 Å². The van der Waals surface area contributed by atoms with Crippen LogP contribution in [-0.2, 0) is 13.0 Å². The molecule has 20 heavy (non-hydrogen) atoms. The van der Waals surface area contributed by atoms with Crippen molar-refractivity contribution in [1.29, 1.82) is 0 Å². The van der Waals surface area contributed by atoms with Crippen LogP contribution in [0.15, 0.2) is 48.1 Å². The number of nitrogens with two attached hydrogens (primary N) is 1. The summed E-state index contributed by atoms with van der Waals surface area (Å²) in [5.74, 6) is 0.837. The summed E-state index contributed by atoms with van der Waals surface area (Å²) in [5, 5.41) is 11.5. The van der Waals surface area contributed by atoms with Gasteiger partial charge in [-0.25, -0.2) is 4.98 Å². The number of phenolic OH excluding ortho intramolecular Hbond substituents is 1. The lowest BCUT2D eigenvalue weighted by molar-refractivity contribution is 0.475. The van der Waals surface area contributed by atoms with Gasteiger partial charge in [0, 0.05) is 23.8 Å². The zero-order valence-electron chi connectivity index (χ0n) is 10.9. The van der Waals surface area contributed by atoms with Gasteiger partial charge in [-0.2, -0.15) is 0 Å². The van der Waals surface area contributed by atoms with Crippen LogP contribution in [0.5, 0.6) is 5.75 Å². The van der Waals surface area contributed by atoms with Gasteiger partial charge in [-0.15, -0.1) is 11.3 Å². The van der Waals surface area contributed by atoms with Gasteiger partial charge in [0.1, 0.15) is 5.75 Å². The van der Waals surface area contributed by atoms with Gasteiger partial charge in [0.05, 0.1) is 0 Å². The van der Waals surface area contributed by atoms with Gasteiger partial charge in [-0.3, -0.25) is 0 Å². The van der Waals surface area contributed by atoms with Crippen LogP contribution < -0.4 is 5.73 Å². The Kier molecular flexibility index (Phi) is 3.43. The van der Waals surface area contributed by atoms with E-state index in [0.717, 1.165) is 18.5 Å². The standard InChI is InChI=1S/C15H15N3OS/c16-15-17-7-9-18(15)8-5-12-6-10-20-14(12)11-1-3-13(19)4-2-11/h1-4,6-7,9-10,19H,5,8H2,(H2,16,17). The van der Waals surface area contributed by atoms with E-state index in [4.69, 9.17) is 5.73 Å². The zero-order valence-corrected chi connectivity index (χ0v) is 11.7. The molecule has 3 rings (SSSR count). The van der Waals surface area contributed by atoms with E-state index in [-0.39, 0.29) is 5.75 Å². The maximum Gasteiger partial charge on any atom is 0.200 e. The van der Waals surface area contributed by atoms with E-state index in [2.05, 4.69) is 16.4 Å². The Morgan fingerprint density at radius 3 is 2.70 bits per heavy atom. The van der Waals surface area contributed by atoms with E-state index in [1.807, 2.05) is 22.9 Å². The smallest absolute Gasteiger partial charge is 0.200 e. The number of anilines is 1. The number of aryl methyl sites for hydroxylation is 2. The summed E-state index contributed by atoms with van der Waals surface area (Å²) < 4.78 is 1.94. The van der Waals surface area contributed by atoms with Crippen molar-refractivity contribution in [2.24, 2.45) is 0 Å². The molecule has 3 N–H and O–H groups in total. The number of rotatable bonds is 4. The number of benzene rings is 1. The number of nitrogens with zero attached hydrogens (tertiary/aromatic N) is 2. The summed E-state index contributed by atoms with van der Waals surface area (Å²) in [6.45, 7) is 0.813. The predicted molar refractivity (Wildman–Crippen MR) is 81.8 cm³/mol. The highest BCUT2D eigenvalue weighted by atomic mass is 32.1. The molecule has 4 nitrogen and oxygen atoms in total.